The molecule has 0 N–H and O–H groups in total. The topological polar surface area (TPSA) is 57.2 Å². The molecule has 0 saturated carbocycles. The lowest BCUT2D eigenvalue weighted by Crippen LogP contribution is -2.15. The second-order valence-corrected chi connectivity index (χ2v) is 13.9. The fourth-order valence-corrected chi connectivity index (χ4v) is 8.19. The van der Waals surface area contributed by atoms with Crippen LogP contribution in [0.2, 0.25) is 0 Å². The van der Waals surface area contributed by atoms with Crippen molar-refractivity contribution < 1.29 is 39.3 Å². The van der Waals surface area contributed by atoms with Gasteiger partial charge in [-0.2, -0.15) is 26.3 Å². The van der Waals surface area contributed by atoms with Gasteiger partial charge in [0.25, 0.3) is 0 Å². The molecule has 0 spiro atoms. The quantitative estimate of drug-likeness (QED) is 0.0951. The van der Waals surface area contributed by atoms with Crippen LogP contribution < -0.4 is 0 Å². The summed E-state index contributed by atoms with van der Waals surface area (Å²) in [5.74, 6) is 0. The minimum Gasteiger partial charge on any atom is -0.744 e. The highest BCUT2D eigenvalue weighted by Crippen LogP contribution is 2.39. The van der Waals surface area contributed by atoms with Crippen molar-refractivity contribution in [3.63, 3.8) is 0 Å². The first-order valence-electron chi connectivity index (χ1n) is 14.8. The zero-order valence-corrected chi connectivity index (χ0v) is 27.3. The van der Waals surface area contributed by atoms with E-state index in [2.05, 4.69) is 93.6 Å². The summed E-state index contributed by atoms with van der Waals surface area (Å²) in [6, 6.07) is 26.9. The molecule has 0 aliphatic rings. The van der Waals surface area contributed by atoms with Crippen molar-refractivity contribution in [2.24, 2.45) is 0 Å². The number of hydrogen-bond donors (Lipinski definition) is 0. The Morgan fingerprint density at radius 1 is 0.630 bits per heavy atom. The molecule has 4 aromatic rings. The molecule has 0 bridgehead atoms. The molecular formula is C35H36F6O3S2. The van der Waals surface area contributed by atoms with Crippen molar-refractivity contribution in [2.45, 2.75) is 91.2 Å². The van der Waals surface area contributed by atoms with Crippen LogP contribution in [0.5, 0.6) is 0 Å². The molecule has 0 fully saturated rings. The fraction of sp³-hybridized carbons (Fsp3) is 0.314. The number of halogens is 6. The first kappa shape index (κ1) is 37.2. The Balaban J connectivity index is 0.000000277. The molecule has 248 valence electrons. The number of alkyl halides is 6. The average molecular weight is 683 g/mol. The molecule has 0 heterocycles. The van der Waals surface area contributed by atoms with Gasteiger partial charge in [-0.05, 0) is 67.3 Å². The lowest BCUT2D eigenvalue weighted by molar-refractivity contribution is -0.144. The van der Waals surface area contributed by atoms with E-state index in [4.69, 9.17) is 0 Å². The van der Waals surface area contributed by atoms with Crippen molar-refractivity contribution in [2.75, 3.05) is 0 Å². The van der Waals surface area contributed by atoms with Crippen LogP contribution in [-0.2, 0) is 52.6 Å². The van der Waals surface area contributed by atoms with E-state index < -0.39 is 44.6 Å². The number of hydrogen-bond acceptors (Lipinski definition) is 3. The Kier molecular flexibility index (Phi) is 12.9. The summed E-state index contributed by atoms with van der Waals surface area (Å²) in [6.07, 6.45) is -3.37. The molecule has 0 saturated heterocycles. The van der Waals surface area contributed by atoms with Gasteiger partial charge in [0.05, 0.1) is 26.9 Å². The predicted octanol–water partition coefficient (Wildman–Crippen LogP) is 10.3. The van der Waals surface area contributed by atoms with Gasteiger partial charge < -0.3 is 4.55 Å². The van der Waals surface area contributed by atoms with E-state index in [1.165, 1.54) is 41.0 Å². The summed E-state index contributed by atoms with van der Waals surface area (Å²) in [4.78, 5) is 2.70. The third kappa shape index (κ3) is 9.86. The predicted molar refractivity (Wildman–Crippen MR) is 168 cm³/mol. The van der Waals surface area contributed by atoms with Crippen LogP contribution in [0.3, 0.4) is 0 Å². The fourth-order valence-electron chi connectivity index (χ4n) is 5.06. The minimum atomic E-state index is -5.52. The molecule has 0 atom stereocenters. The Labute approximate surface area is 269 Å². The summed E-state index contributed by atoms with van der Waals surface area (Å²) in [5.41, 5.74) is 0.818. The van der Waals surface area contributed by atoms with Crippen LogP contribution in [-0.4, -0.2) is 13.0 Å². The maximum Gasteiger partial charge on any atom is 0.417 e. The van der Waals surface area contributed by atoms with E-state index in [0.717, 1.165) is 12.8 Å². The van der Waals surface area contributed by atoms with Crippen molar-refractivity contribution in [1.29, 1.82) is 0 Å². The second kappa shape index (κ2) is 16.0. The summed E-state index contributed by atoms with van der Waals surface area (Å²) < 4.78 is 105. The summed E-state index contributed by atoms with van der Waals surface area (Å²) in [5, 5.41) is 0. The van der Waals surface area contributed by atoms with Gasteiger partial charge in [0.15, 0.2) is 14.7 Å². The molecule has 4 aromatic carbocycles. The van der Waals surface area contributed by atoms with Gasteiger partial charge in [-0.3, -0.25) is 0 Å². The van der Waals surface area contributed by atoms with Gasteiger partial charge in [-0.15, -0.1) is 0 Å². The summed E-state index contributed by atoms with van der Waals surface area (Å²) in [7, 11) is -5.57. The lowest BCUT2D eigenvalue weighted by Gasteiger charge is -2.17. The van der Waals surface area contributed by atoms with Crippen LogP contribution in [0.1, 0.15) is 67.9 Å². The molecule has 0 aliphatic carbocycles. The van der Waals surface area contributed by atoms with Crippen LogP contribution in [0.25, 0.3) is 0 Å². The van der Waals surface area contributed by atoms with Gasteiger partial charge in [-0.25, -0.2) is 8.42 Å². The van der Waals surface area contributed by atoms with E-state index >= 15 is 0 Å². The SMILES string of the molecule is CCCc1cc(CCC)c([S+](c2ccccc2)c2ccccc2)c(CCC)c1.O=S(=O)([O-])c1ccc(C(F)(F)F)cc1C(F)(F)F. The van der Waals surface area contributed by atoms with Crippen LogP contribution in [0, 0.1) is 0 Å². The largest absolute Gasteiger partial charge is 0.744 e. The number of rotatable bonds is 10. The molecule has 3 nitrogen and oxygen atoms in total. The van der Waals surface area contributed by atoms with Crippen LogP contribution in [0.4, 0.5) is 26.3 Å². The Bertz CT molecular complexity index is 1600. The van der Waals surface area contributed by atoms with Crippen molar-refractivity contribution in [3.8, 4) is 0 Å². The lowest BCUT2D eigenvalue weighted by atomic mass is 9.97. The Morgan fingerprint density at radius 2 is 1.09 bits per heavy atom. The third-order valence-electron chi connectivity index (χ3n) is 6.92. The van der Waals surface area contributed by atoms with Gasteiger partial charge in [-0.1, -0.05) is 88.6 Å². The van der Waals surface area contributed by atoms with Crippen LogP contribution in [0.15, 0.2) is 111 Å². The van der Waals surface area contributed by atoms with E-state index in [1.54, 1.807) is 16.0 Å². The molecule has 0 unspecified atom stereocenters. The smallest absolute Gasteiger partial charge is 0.417 e. The van der Waals surface area contributed by atoms with E-state index in [1.807, 2.05) is 0 Å². The molecular weight excluding hydrogens is 647 g/mol. The zero-order chi connectivity index (χ0) is 34.1. The normalized spacial score (nSPS) is 12.2. The molecule has 11 heteroatoms. The molecule has 0 aromatic heterocycles. The van der Waals surface area contributed by atoms with Crippen molar-refractivity contribution >= 4 is 21.0 Å². The van der Waals surface area contributed by atoms with Gasteiger partial charge >= 0.3 is 12.4 Å². The summed E-state index contributed by atoms with van der Waals surface area (Å²) >= 11 is 0. The van der Waals surface area contributed by atoms with Gasteiger partial charge in [0.1, 0.15) is 10.1 Å². The zero-order valence-electron chi connectivity index (χ0n) is 25.7. The van der Waals surface area contributed by atoms with Gasteiger partial charge in [0.2, 0.25) is 0 Å². The third-order valence-corrected chi connectivity index (χ3v) is 10.2. The summed E-state index contributed by atoms with van der Waals surface area (Å²) in [6.45, 7) is 6.89. The first-order chi connectivity index (χ1) is 21.6. The Morgan fingerprint density at radius 3 is 1.46 bits per heavy atom. The van der Waals surface area contributed by atoms with E-state index in [9.17, 15) is 39.3 Å². The van der Waals surface area contributed by atoms with E-state index in [0.29, 0.717) is 0 Å². The average Bonchev–Trinajstić information content (AvgIpc) is 2.99. The van der Waals surface area contributed by atoms with Crippen molar-refractivity contribution in [1.82, 2.24) is 0 Å². The molecule has 4 rings (SSSR count). The number of aryl methyl sites for hydroxylation is 3. The molecule has 0 radical (unpaired) electrons. The standard InChI is InChI=1S/C27H33S.C8H4F6O3S/c1-4-13-22-20-23(14-5-2)27(24(21-22)15-6-3)28(25-16-9-7-10-17-25)26-18-11-8-12-19-26;9-7(10,11)4-1-2-6(18(15,16)17)5(3-4)8(12,13)14/h7-12,16-21H,4-6,13-15H2,1-3H3;1-3H,(H,15,16,17)/q+1;/p-1. The Hall–Kier alpha value is -3.28. The minimum absolute atomic E-state index is 0.00597. The van der Waals surface area contributed by atoms with Crippen LogP contribution >= 0.6 is 0 Å². The maximum atomic E-state index is 12.4. The van der Waals surface area contributed by atoms with Crippen molar-refractivity contribution in [3.05, 3.63) is 119 Å². The molecule has 0 amide bonds. The van der Waals surface area contributed by atoms with Gasteiger partial charge in [0, 0.05) is 11.1 Å². The molecule has 46 heavy (non-hydrogen) atoms. The number of benzene rings is 4. The second-order valence-electron chi connectivity index (χ2n) is 10.6. The first-order valence-corrected chi connectivity index (χ1v) is 17.5. The highest BCUT2D eigenvalue weighted by Gasteiger charge is 2.39. The molecule has 0 aliphatic heterocycles. The monoisotopic (exact) mass is 682 g/mol. The van der Waals surface area contributed by atoms with E-state index in [-0.39, 0.29) is 23.0 Å². The highest BCUT2D eigenvalue weighted by molar-refractivity contribution is 7.97. The maximum absolute atomic E-state index is 12.4. The highest BCUT2D eigenvalue weighted by atomic mass is 32.2.